The third kappa shape index (κ3) is 3.75. The molecule has 8 heteroatoms. The first kappa shape index (κ1) is 19.3. The summed E-state index contributed by atoms with van der Waals surface area (Å²) in [4.78, 5) is 8.53. The van der Waals surface area contributed by atoms with Gasteiger partial charge in [0.25, 0.3) is 0 Å². The maximum Gasteiger partial charge on any atom is 0.221 e. The minimum Gasteiger partial charge on any atom is -0.493 e. The Kier molecular flexibility index (Phi) is 5.21. The van der Waals surface area contributed by atoms with E-state index < -0.39 is 0 Å². The lowest BCUT2D eigenvalue weighted by Crippen LogP contribution is -2.03. The molecular weight excluding hydrogens is 382 g/mol. The minimum atomic E-state index is 0.145. The number of nitrogens with two attached hydrogens (primary N) is 1. The third-order valence-electron chi connectivity index (χ3n) is 4.64. The summed E-state index contributed by atoms with van der Waals surface area (Å²) in [6, 6.07) is 15.3. The first-order chi connectivity index (χ1) is 14.6. The average Bonchev–Trinajstić information content (AvgIpc) is 3.23. The van der Waals surface area contributed by atoms with Gasteiger partial charge >= 0.3 is 0 Å². The van der Waals surface area contributed by atoms with E-state index in [2.05, 4.69) is 20.4 Å². The molecule has 8 nitrogen and oxygen atoms in total. The molecule has 152 valence electrons. The van der Waals surface area contributed by atoms with E-state index in [0.717, 1.165) is 22.3 Å². The van der Waals surface area contributed by atoms with Crippen LogP contribution in [-0.2, 0) is 0 Å². The predicted octanol–water partition coefficient (Wildman–Crippen LogP) is 4.45. The van der Waals surface area contributed by atoms with Crippen molar-refractivity contribution in [1.82, 2.24) is 15.1 Å². The lowest BCUT2D eigenvalue weighted by Gasteiger charge is -2.15. The van der Waals surface area contributed by atoms with E-state index in [9.17, 15) is 0 Å². The molecule has 2 aromatic carbocycles. The van der Waals surface area contributed by atoms with Crippen LogP contribution in [0.4, 0.5) is 17.6 Å². The molecule has 0 saturated carbocycles. The highest BCUT2D eigenvalue weighted by Crippen LogP contribution is 2.38. The molecule has 0 aliphatic rings. The zero-order valence-electron chi connectivity index (χ0n) is 16.8. The predicted molar refractivity (Wildman–Crippen MR) is 115 cm³/mol. The first-order valence-corrected chi connectivity index (χ1v) is 9.23. The van der Waals surface area contributed by atoms with E-state index >= 15 is 0 Å². The van der Waals surface area contributed by atoms with E-state index in [4.69, 9.17) is 19.7 Å². The lowest BCUT2D eigenvalue weighted by atomic mass is 10.0. The van der Waals surface area contributed by atoms with E-state index in [1.807, 2.05) is 49.4 Å². The molecule has 0 fully saturated rings. The van der Waals surface area contributed by atoms with Crippen LogP contribution in [0.3, 0.4) is 0 Å². The van der Waals surface area contributed by atoms with Crippen LogP contribution < -0.4 is 20.5 Å². The molecular formula is C22H21N5O3. The van der Waals surface area contributed by atoms with E-state index in [1.54, 1.807) is 26.5 Å². The van der Waals surface area contributed by atoms with Gasteiger partial charge in [-0.05, 0) is 30.2 Å². The van der Waals surface area contributed by atoms with Crippen molar-refractivity contribution in [2.75, 3.05) is 25.3 Å². The topological polar surface area (TPSA) is 108 Å². The summed E-state index contributed by atoms with van der Waals surface area (Å²) >= 11 is 0. The van der Waals surface area contributed by atoms with Crippen LogP contribution in [0.5, 0.6) is 11.5 Å². The fraction of sp³-hybridized carbons (Fsp3) is 0.136. The number of nitrogens with zero attached hydrogens (tertiary/aromatic N) is 3. The van der Waals surface area contributed by atoms with Gasteiger partial charge in [-0.2, -0.15) is 4.98 Å². The van der Waals surface area contributed by atoms with Gasteiger partial charge in [0.2, 0.25) is 5.95 Å². The van der Waals surface area contributed by atoms with E-state index in [0.29, 0.717) is 28.9 Å². The smallest absolute Gasteiger partial charge is 0.221 e. The molecule has 2 heterocycles. The fourth-order valence-electron chi connectivity index (χ4n) is 3.15. The molecule has 0 aliphatic heterocycles. The number of hydrogen-bond donors (Lipinski definition) is 2. The van der Waals surface area contributed by atoms with Crippen molar-refractivity contribution in [3.63, 3.8) is 0 Å². The van der Waals surface area contributed by atoms with Gasteiger partial charge in [0, 0.05) is 23.4 Å². The monoisotopic (exact) mass is 403 g/mol. The van der Waals surface area contributed by atoms with Gasteiger partial charge in [-0.1, -0.05) is 35.5 Å². The van der Waals surface area contributed by atoms with Crippen molar-refractivity contribution in [3.05, 3.63) is 60.3 Å². The van der Waals surface area contributed by atoms with Crippen LogP contribution in [0.15, 0.2) is 59.3 Å². The second kappa shape index (κ2) is 8.12. The van der Waals surface area contributed by atoms with Gasteiger partial charge in [0.15, 0.2) is 23.1 Å². The summed E-state index contributed by atoms with van der Waals surface area (Å²) in [5.41, 5.74) is 9.36. The number of aryl methyl sites for hydroxylation is 1. The van der Waals surface area contributed by atoms with Crippen LogP contribution in [0.25, 0.3) is 22.5 Å². The molecule has 0 spiro atoms. The van der Waals surface area contributed by atoms with Gasteiger partial charge < -0.3 is 25.0 Å². The number of nitrogens with one attached hydrogen (secondary N) is 1. The average molecular weight is 403 g/mol. The molecule has 0 saturated heterocycles. The highest BCUT2D eigenvalue weighted by molar-refractivity contribution is 5.81. The second-order valence-electron chi connectivity index (χ2n) is 6.58. The maximum atomic E-state index is 5.84. The van der Waals surface area contributed by atoms with E-state index in [-0.39, 0.29) is 5.95 Å². The van der Waals surface area contributed by atoms with E-state index in [1.165, 1.54) is 0 Å². The second-order valence-corrected chi connectivity index (χ2v) is 6.58. The maximum absolute atomic E-state index is 5.84. The Bertz CT molecular complexity index is 1170. The van der Waals surface area contributed by atoms with Crippen molar-refractivity contribution in [2.24, 2.45) is 0 Å². The minimum absolute atomic E-state index is 0.145. The molecule has 0 radical (unpaired) electrons. The third-order valence-corrected chi connectivity index (χ3v) is 4.64. The summed E-state index contributed by atoms with van der Waals surface area (Å²) in [5.74, 6) is 3.05. The number of nitrogen functional groups attached to an aromatic ring is 1. The lowest BCUT2D eigenvalue weighted by molar-refractivity contribution is 0.355. The number of methoxy groups -OCH3 is 2. The quantitative estimate of drug-likeness (QED) is 0.486. The van der Waals surface area contributed by atoms with Crippen LogP contribution in [0, 0.1) is 6.92 Å². The molecule has 0 atom stereocenters. The van der Waals surface area contributed by atoms with Crippen LogP contribution in [0.1, 0.15) is 5.56 Å². The molecule has 30 heavy (non-hydrogen) atoms. The zero-order chi connectivity index (χ0) is 21.1. The normalized spacial score (nSPS) is 10.6. The number of rotatable bonds is 6. The number of aromatic nitrogens is 3. The number of hydrogen-bond acceptors (Lipinski definition) is 8. The highest BCUT2D eigenvalue weighted by atomic mass is 16.5. The van der Waals surface area contributed by atoms with Crippen molar-refractivity contribution in [2.45, 2.75) is 6.92 Å². The molecule has 0 amide bonds. The SMILES string of the molecule is COc1cc(C)c(-c2cnc(N)nc2Nc2cc(-c3ccccc3)on2)cc1OC. The molecule has 2 aromatic heterocycles. The molecule has 3 N–H and O–H groups in total. The standard InChI is InChI=1S/C22H21N5O3/c1-13-9-18(28-2)19(29-3)10-15(13)16-12-24-22(23)26-21(16)25-20-11-17(30-27-20)14-7-5-4-6-8-14/h4-12H,1-3H3,(H3,23,24,25,26,27). The highest BCUT2D eigenvalue weighted by Gasteiger charge is 2.16. The Balaban J connectivity index is 1.73. The van der Waals surface area contributed by atoms with Crippen LogP contribution in [0.2, 0.25) is 0 Å². The molecule has 0 bridgehead atoms. The Morgan fingerprint density at radius 1 is 0.967 bits per heavy atom. The first-order valence-electron chi connectivity index (χ1n) is 9.23. The van der Waals surface area contributed by atoms with Gasteiger partial charge in [-0.15, -0.1) is 0 Å². The summed E-state index contributed by atoms with van der Waals surface area (Å²) in [6.45, 7) is 1.97. The molecule has 4 aromatic rings. The Morgan fingerprint density at radius 3 is 2.43 bits per heavy atom. The number of benzene rings is 2. The molecule has 0 aliphatic carbocycles. The molecule has 0 unspecified atom stereocenters. The van der Waals surface area contributed by atoms with Crippen molar-refractivity contribution < 1.29 is 14.0 Å². The Morgan fingerprint density at radius 2 is 1.70 bits per heavy atom. The zero-order valence-corrected chi connectivity index (χ0v) is 16.8. The summed E-state index contributed by atoms with van der Waals surface area (Å²) in [7, 11) is 3.20. The van der Waals surface area contributed by atoms with Gasteiger partial charge in [0.1, 0.15) is 5.82 Å². The number of anilines is 3. The summed E-state index contributed by atoms with van der Waals surface area (Å²) in [6.07, 6.45) is 1.66. The Labute approximate surface area is 173 Å². The van der Waals surface area contributed by atoms with Gasteiger partial charge in [-0.25, -0.2) is 4.98 Å². The fourth-order valence-corrected chi connectivity index (χ4v) is 3.15. The number of ether oxygens (including phenoxy) is 2. The molecule has 4 rings (SSSR count). The van der Waals surface area contributed by atoms with Gasteiger partial charge in [-0.3, -0.25) is 0 Å². The Hall–Kier alpha value is -4.07. The van der Waals surface area contributed by atoms with Gasteiger partial charge in [0.05, 0.1) is 14.2 Å². The van der Waals surface area contributed by atoms with Crippen molar-refractivity contribution >= 4 is 17.6 Å². The summed E-state index contributed by atoms with van der Waals surface area (Å²) in [5, 5.41) is 7.29. The van der Waals surface area contributed by atoms with Crippen LogP contribution >= 0.6 is 0 Å². The van der Waals surface area contributed by atoms with Crippen molar-refractivity contribution in [1.29, 1.82) is 0 Å². The van der Waals surface area contributed by atoms with Crippen molar-refractivity contribution in [3.8, 4) is 33.9 Å². The summed E-state index contributed by atoms with van der Waals surface area (Å²) < 4.78 is 16.3. The van der Waals surface area contributed by atoms with Crippen LogP contribution in [-0.4, -0.2) is 29.3 Å². The largest absolute Gasteiger partial charge is 0.493 e.